The standard InChI is InChI=1S/C52H80N4P/c1-5-9-13-17-33-45-53(49-37-25-21-26-38-49)57(54(46-34-18-14-10-6-2)50-39-27-22-28-40-50,55(47-35-19-15-11-7-3)51-41-29-23-30-42-51)56(48-36-20-16-12-8-4)52-43-31-24-32-44-52/h21-32,37-44H,5-20,33-36,45-48H2,1-4H3/q+1. The number of hydrogen-bond donors (Lipinski definition) is 0. The number of unbranched alkanes of at least 4 members (excludes halogenated alkanes) is 16. The van der Waals surface area contributed by atoms with Crippen molar-refractivity contribution in [2.45, 2.75) is 156 Å². The van der Waals surface area contributed by atoms with Gasteiger partial charge in [0.1, 0.15) is 0 Å². The second-order valence-corrected chi connectivity index (χ2v) is 19.0. The molecule has 0 saturated carbocycles. The second kappa shape index (κ2) is 28.0. The van der Waals surface area contributed by atoms with Gasteiger partial charge in [-0.15, -0.1) is 0 Å². The molecule has 4 aromatic carbocycles. The summed E-state index contributed by atoms with van der Waals surface area (Å²) in [6.45, 7) is 13.4. The lowest BCUT2D eigenvalue weighted by atomic mass is 10.1. The summed E-state index contributed by atoms with van der Waals surface area (Å²) in [6.07, 6.45) is 25.2. The van der Waals surface area contributed by atoms with Gasteiger partial charge in [0, 0.05) is 0 Å². The van der Waals surface area contributed by atoms with Gasteiger partial charge in [-0.25, -0.2) is 0 Å². The van der Waals surface area contributed by atoms with Crippen LogP contribution in [-0.2, 0) is 0 Å². The van der Waals surface area contributed by atoms with E-state index in [0.717, 1.165) is 26.2 Å². The van der Waals surface area contributed by atoms with Crippen molar-refractivity contribution in [3.8, 4) is 0 Å². The Morgan fingerprint density at radius 2 is 0.456 bits per heavy atom. The summed E-state index contributed by atoms with van der Waals surface area (Å²) in [5.41, 5.74) is 5.36. The molecule has 0 N–H and O–H groups in total. The highest BCUT2D eigenvalue weighted by Crippen LogP contribution is 2.73. The maximum absolute atomic E-state index is 2.97. The number of para-hydroxylation sites is 4. The largest absolute Gasteiger partial charge is 0.405 e. The minimum Gasteiger partial charge on any atom is -0.190 e. The van der Waals surface area contributed by atoms with Gasteiger partial charge in [0.25, 0.3) is 0 Å². The SMILES string of the molecule is CCCCCCCN(c1ccccc1)[P+](N(CCCCCCC)c1ccccc1)(N(CCCCCCC)c1ccccc1)N(CCCCCCC)c1ccccc1. The average Bonchev–Trinajstić information content (AvgIpc) is 3.26. The van der Waals surface area contributed by atoms with Gasteiger partial charge >= 0.3 is 7.87 Å². The van der Waals surface area contributed by atoms with Gasteiger partial charge in [-0.3, -0.25) is 0 Å². The van der Waals surface area contributed by atoms with Gasteiger partial charge in [-0.2, -0.15) is 18.7 Å². The van der Waals surface area contributed by atoms with Crippen LogP contribution in [0.3, 0.4) is 0 Å². The molecule has 0 fully saturated rings. The lowest BCUT2D eigenvalue weighted by Crippen LogP contribution is -2.55. The van der Waals surface area contributed by atoms with Crippen LogP contribution in [-0.4, -0.2) is 26.2 Å². The van der Waals surface area contributed by atoms with Crippen LogP contribution in [0.5, 0.6) is 0 Å². The Morgan fingerprint density at radius 1 is 0.263 bits per heavy atom. The first-order valence-corrected chi connectivity index (χ1v) is 25.0. The molecular weight excluding hydrogens is 712 g/mol. The van der Waals surface area contributed by atoms with Gasteiger partial charge < -0.3 is 0 Å². The molecular formula is C52H80N4P+. The summed E-state index contributed by atoms with van der Waals surface area (Å²) in [5.74, 6) is 0. The predicted molar refractivity (Wildman–Crippen MR) is 257 cm³/mol. The predicted octanol–water partition coefficient (Wildman–Crippen LogP) is 16.6. The van der Waals surface area contributed by atoms with Crippen LogP contribution in [0.25, 0.3) is 0 Å². The number of nitrogens with zero attached hydrogens (tertiary/aromatic N) is 4. The first-order valence-electron chi connectivity index (χ1n) is 23.4. The molecule has 0 saturated heterocycles. The van der Waals surface area contributed by atoms with Crippen LogP contribution in [0, 0.1) is 0 Å². The molecule has 312 valence electrons. The number of benzene rings is 4. The van der Waals surface area contributed by atoms with Crippen LogP contribution in [0.2, 0.25) is 0 Å². The monoisotopic (exact) mass is 792 g/mol. The van der Waals surface area contributed by atoms with Crippen molar-refractivity contribution in [1.82, 2.24) is 0 Å². The Balaban J connectivity index is 2.12. The Morgan fingerprint density at radius 3 is 0.649 bits per heavy atom. The molecule has 5 heteroatoms. The molecule has 0 radical (unpaired) electrons. The van der Waals surface area contributed by atoms with E-state index in [4.69, 9.17) is 0 Å². The van der Waals surface area contributed by atoms with E-state index in [9.17, 15) is 0 Å². The van der Waals surface area contributed by atoms with Gasteiger partial charge in [0.2, 0.25) is 0 Å². The quantitative estimate of drug-likeness (QED) is 0.0361. The molecule has 4 nitrogen and oxygen atoms in total. The lowest BCUT2D eigenvalue weighted by Gasteiger charge is -2.53. The van der Waals surface area contributed by atoms with Crippen molar-refractivity contribution in [2.24, 2.45) is 0 Å². The minimum absolute atomic E-state index is 1.01. The zero-order valence-electron chi connectivity index (χ0n) is 36.8. The lowest BCUT2D eigenvalue weighted by molar-refractivity contribution is 0.621. The smallest absolute Gasteiger partial charge is 0.190 e. The molecule has 0 aliphatic heterocycles. The van der Waals surface area contributed by atoms with E-state index in [1.165, 1.54) is 151 Å². The van der Waals surface area contributed by atoms with Crippen LogP contribution in [0.4, 0.5) is 22.7 Å². The molecule has 0 aromatic heterocycles. The van der Waals surface area contributed by atoms with E-state index in [2.05, 4.69) is 168 Å². The summed E-state index contributed by atoms with van der Waals surface area (Å²) in [5, 5.41) is 0. The van der Waals surface area contributed by atoms with E-state index in [1.807, 2.05) is 0 Å². The van der Waals surface area contributed by atoms with Gasteiger partial charge in [-0.05, 0) is 74.2 Å². The fraction of sp³-hybridized carbons (Fsp3) is 0.538. The van der Waals surface area contributed by atoms with Gasteiger partial charge in [0.05, 0.1) is 48.9 Å². The van der Waals surface area contributed by atoms with Crippen molar-refractivity contribution in [3.63, 3.8) is 0 Å². The van der Waals surface area contributed by atoms with Crippen molar-refractivity contribution in [1.29, 1.82) is 0 Å². The van der Waals surface area contributed by atoms with E-state index >= 15 is 0 Å². The maximum Gasteiger partial charge on any atom is 0.405 e. The Hall–Kier alpha value is -3.49. The molecule has 0 atom stereocenters. The first kappa shape index (κ1) is 46.2. The fourth-order valence-electron chi connectivity index (χ4n) is 8.32. The molecule has 0 heterocycles. The molecule has 0 aliphatic carbocycles. The molecule has 4 aromatic rings. The third-order valence-electron chi connectivity index (χ3n) is 11.4. The average molecular weight is 792 g/mol. The van der Waals surface area contributed by atoms with Crippen LogP contribution < -0.4 is 18.7 Å². The van der Waals surface area contributed by atoms with Crippen molar-refractivity contribution >= 4 is 30.6 Å². The number of rotatable bonds is 32. The molecule has 57 heavy (non-hydrogen) atoms. The number of anilines is 4. The summed E-state index contributed by atoms with van der Waals surface area (Å²) in [6, 6.07) is 46.4. The first-order chi connectivity index (χ1) is 28.2. The van der Waals surface area contributed by atoms with Crippen LogP contribution in [0.1, 0.15) is 156 Å². The molecule has 0 bridgehead atoms. The Bertz CT molecular complexity index is 1280. The van der Waals surface area contributed by atoms with Gasteiger partial charge in [-0.1, -0.05) is 203 Å². The van der Waals surface area contributed by atoms with Crippen molar-refractivity contribution in [3.05, 3.63) is 121 Å². The fourth-order valence-corrected chi connectivity index (χ4v) is 13.3. The second-order valence-electron chi connectivity index (χ2n) is 16.0. The summed E-state index contributed by atoms with van der Waals surface area (Å²) < 4.78 is 11.9. The van der Waals surface area contributed by atoms with Gasteiger partial charge in [0.15, 0.2) is 0 Å². The van der Waals surface area contributed by atoms with Crippen LogP contribution in [0.15, 0.2) is 121 Å². The van der Waals surface area contributed by atoms with E-state index in [1.54, 1.807) is 0 Å². The van der Waals surface area contributed by atoms with Crippen LogP contribution >= 0.6 is 7.87 Å². The molecule has 4 rings (SSSR count). The highest BCUT2D eigenvalue weighted by molar-refractivity contribution is 7.81. The molecule has 0 unspecified atom stereocenters. The topological polar surface area (TPSA) is 13.0 Å². The van der Waals surface area contributed by atoms with Crippen molar-refractivity contribution < 1.29 is 0 Å². The Labute approximate surface area is 351 Å². The summed E-state index contributed by atoms with van der Waals surface area (Å²) in [7, 11) is -2.71. The van der Waals surface area contributed by atoms with E-state index < -0.39 is 7.87 Å². The zero-order valence-corrected chi connectivity index (χ0v) is 37.6. The summed E-state index contributed by atoms with van der Waals surface area (Å²) >= 11 is 0. The van der Waals surface area contributed by atoms with E-state index in [-0.39, 0.29) is 0 Å². The molecule has 0 spiro atoms. The minimum atomic E-state index is -2.71. The highest BCUT2D eigenvalue weighted by Gasteiger charge is 2.63. The normalized spacial score (nSPS) is 11.4. The Kier molecular flexibility index (Phi) is 22.7. The summed E-state index contributed by atoms with van der Waals surface area (Å²) in [4.78, 5) is 0. The highest BCUT2D eigenvalue weighted by atomic mass is 31.2. The van der Waals surface area contributed by atoms with E-state index in [0.29, 0.717) is 0 Å². The number of hydrogen-bond acceptors (Lipinski definition) is 4. The molecule has 0 amide bonds. The third-order valence-corrected chi connectivity index (χ3v) is 15.7. The van der Waals surface area contributed by atoms with Crippen molar-refractivity contribution in [2.75, 3.05) is 44.9 Å². The molecule has 0 aliphatic rings. The maximum atomic E-state index is 2.97. The zero-order chi connectivity index (χ0) is 40.2. The third kappa shape index (κ3) is 14.4.